The number of carbonyl (C=O) groups is 2. The van der Waals surface area contributed by atoms with Gasteiger partial charge in [-0.15, -0.1) is 4.68 Å². The third kappa shape index (κ3) is 10.7. The number of likely N-dealkylation sites (tertiary alicyclic amines) is 1. The van der Waals surface area contributed by atoms with E-state index in [2.05, 4.69) is 15.5 Å². The number of aryl methyl sites for hydroxylation is 1. The van der Waals surface area contributed by atoms with Crippen molar-refractivity contribution in [3.63, 3.8) is 0 Å². The van der Waals surface area contributed by atoms with Crippen LogP contribution in [-0.2, 0) is 38.0 Å². The number of nitrogens with one attached hydrogen (secondary N) is 1. The van der Waals surface area contributed by atoms with E-state index >= 15 is 0 Å². The minimum absolute atomic E-state index is 0.0195. The maximum atomic E-state index is 14.6. The molecule has 1 aromatic carbocycles. The van der Waals surface area contributed by atoms with Crippen molar-refractivity contribution in [2.24, 2.45) is 0 Å². The van der Waals surface area contributed by atoms with Crippen molar-refractivity contribution in [3.8, 4) is 0 Å². The molecular weight excluding hydrogens is 615 g/mol. The van der Waals surface area contributed by atoms with Crippen molar-refractivity contribution in [1.82, 2.24) is 20.4 Å². The van der Waals surface area contributed by atoms with Crippen LogP contribution in [0.1, 0.15) is 82.5 Å². The zero-order chi connectivity index (χ0) is 33.1. The van der Waals surface area contributed by atoms with Gasteiger partial charge in [-0.25, -0.2) is 0 Å². The van der Waals surface area contributed by atoms with Crippen LogP contribution >= 0.6 is 7.60 Å². The second-order valence-corrected chi connectivity index (χ2v) is 13.5. The molecule has 1 unspecified atom stereocenters. The average molecular weight is 659 g/mol. The number of benzene rings is 1. The van der Waals surface area contributed by atoms with Crippen LogP contribution in [0.5, 0.6) is 0 Å². The zero-order valence-electron chi connectivity index (χ0n) is 25.3. The van der Waals surface area contributed by atoms with Gasteiger partial charge in [0.05, 0.1) is 6.04 Å². The third-order valence-electron chi connectivity index (χ3n) is 7.88. The van der Waals surface area contributed by atoms with E-state index in [1.165, 1.54) is 35.0 Å². The number of hydrogen-bond donors (Lipinski definition) is 5. The molecule has 3 atom stereocenters. The van der Waals surface area contributed by atoms with Crippen LogP contribution in [0.3, 0.4) is 0 Å². The summed E-state index contributed by atoms with van der Waals surface area (Å²) in [4.78, 5) is 44.4. The molecule has 0 radical (unpaired) electrons. The molecule has 1 aliphatic heterocycles. The summed E-state index contributed by atoms with van der Waals surface area (Å²) in [5.41, 5.74) is -0.277. The fourth-order valence-electron chi connectivity index (χ4n) is 4.97. The smallest absolute Gasteiger partial charge is 0.356 e. The van der Waals surface area contributed by atoms with E-state index in [9.17, 15) is 33.1 Å². The largest absolute Gasteiger partial charge is 0.429 e. The standard InChI is InChI=1S/C29H42F2N5O8P/c1-28(40,45(41,42)43)19-9-8-14-27(39)44-21-36-25(32-33-34-36)13-7-2-3-10-20-35-23(16-18-26(35)38)15-17-24(37)29(30,31)22-11-5-4-6-12-22/h4-6,11-12,15,17,23-24,37,40H,2-3,7-10,13-14,16,18-21H2,1H3,(H2,41,42,43)/p+1/b17-15+/t23-,24+,28?/m0/s1. The van der Waals surface area contributed by atoms with Gasteiger partial charge in [-0.2, -0.15) is 8.78 Å². The molecule has 2 aromatic rings. The van der Waals surface area contributed by atoms with Crippen LogP contribution < -0.4 is 4.68 Å². The fraction of sp³-hybridized carbons (Fsp3) is 0.621. The topological polar surface area (TPSA) is 190 Å². The Morgan fingerprint density at radius 1 is 1.20 bits per heavy atom. The number of ether oxygens (including phenoxy) is 1. The fourth-order valence-corrected chi connectivity index (χ4v) is 5.42. The first kappa shape index (κ1) is 36.4. The van der Waals surface area contributed by atoms with E-state index in [4.69, 9.17) is 14.5 Å². The highest BCUT2D eigenvalue weighted by Crippen LogP contribution is 2.51. The van der Waals surface area contributed by atoms with Gasteiger partial charge in [-0.05, 0) is 45.4 Å². The van der Waals surface area contributed by atoms with Gasteiger partial charge in [0.15, 0.2) is 10.6 Å². The molecule has 16 heteroatoms. The number of unbranched alkanes of at least 4 members (excludes halogenated alkanes) is 4. The van der Waals surface area contributed by atoms with Crippen LogP contribution in [0, 0.1) is 0 Å². The minimum Gasteiger partial charge on any atom is -0.429 e. The Morgan fingerprint density at radius 2 is 1.91 bits per heavy atom. The van der Waals surface area contributed by atoms with Gasteiger partial charge in [0.1, 0.15) is 11.2 Å². The van der Waals surface area contributed by atoms with Crippen LogP contribution in [0.15, 0.2) is 42.5 Å². The van der Waals surface area contributed by atoms with Crippen molar-refractivity contribution in [3.05, 3.63) is 53.9 Å². The normalized spacial score (nSPS) is 18.0. The van der Waals surface area contributed by atoms with Crippen LogP contribution in [0.25, 0.3) is 0 Å². The zero-order valence-corrected chi connectivity index (χ0v) is 26.2. The summed E-state index contributed by atoms with van der Waals surface area (Å²) >= 11 is 0. The number of H-pyrrole nitrogens is 1. The lowest BCUT2D eigenvalue weighted by Gasteiger charge is -2.24. The number of nitrogens with zero attached hydrogens (tertiary/aromatic N) is 4. The highest BCUT2D eigenvalue weighted by Gasteiger charge is 2.40. The van der Waals surface area contributed by atoms with Crippen LogP contribution in [0.2, 0.25) is 0 Å². The summed E-state index contributed by atoms with van der Waals surface area (Å²) < 4.78 is 47.2. The highest BCUT2D eigenvalue weighted by molar-refractivity contribution is 7.53. The lowest BCUT2D eigenvalue weighted by atomic mass is 10.0. The Labute approximate surface area is 260 Å². The van der Waals surface area contributed by atoms with E-state index in [0.29, 0.717) is 38.1 Å². The summed E-state index contributed by atoms with van der Waals surface area (Å²) in [5.74, 6) is -3.41. The molecule has 0 aliphatic carbocycles. The Kier molecular flexibility index (Phi) is 13.3. The molecule has 5 N–H and O–H groups in total. The molecule has 2 heterocycles. The van der Waals surface area contributed by atoms with E-state index in [0.717, 1.165) is 38.7 Å². The number of amides is 1. The number of aliphatic hydroxyl groups excluding tert-OH is 1. The number of halogens is 2. The molecule has 0 saturated carbocycles. The van der Waals surface area contributed by atoms with E-state index < -0.39 is 30.9 Å². The van der Waals surface area contributed by atoms with Crippen molar-refractivity contribution in [1.29, 1.82) is 0 Å². The Bertz CT molecular complexity index is 1320. The first-order chi connectivity index (χ1) is 21.2. The predicted octanol–water partition coefficient (Wildman–Crippen LogP) is 2.84. The summed E-state index contributed by atoms with van der Waals surface area (Å²) in [6, 6.07) is 6.78. The maximum absolute atomic E-state index is 14.6. The van der Waals surface area contributed by atoms with Gasteiger partial charge in [0.25, 0.3) is 0 Å². The molecule has 250 valence electrons. The van der Waals surface area contributed by atoms with Crippen LogP contribution in [0.4, 0.5) is 8.78 Å². The lowest BCUT2D eigenvalue weighted by molar-refractivity contribution is -0.787. The van der Waals surface area contributed by atoms with Crippen molar-refractivity contribution >= 4 is 19.5 Å². The number of esters is 1. The predicted molar refractivity (Wildman–Crippen MR) is 156 cm³/mol. The third-order valence-corrected chi connectivity index (χ3v) is 9.35. The Morgan fingerprint density at radius 3 is 2.62 bits per heavy atom. The van der Waals surface area contributed by atoms with E-state index in [1.54, 1.807) is 11.0 Å². The number of aromatic amines is 1. The van der Waals surface area contributed by atoms with Crippen molar-refractivity contribution in [2.45, 2.75) is 108 Å². The molecule has 1 fully saturated rings. The first-order valence-electron chi connectivity index (χ1n) is 15.0. The number of tetrazole rings is 1. The van der Waals surface area contributed by atoms with Gasteiger partial charge in [0, 0.05) is 31.4 Å². The van der Waals surface area contributed by atoms with E-state index in [-0.39, 0.29) is 43.5 Å². The molecule has 3 rings (SSSR count). The van der Waals surface area contributed by atoms with Crippen LogP contribution in [-0.4, -0.2) is 76.3 Å². The second kappa shape index (κ2) is 16.5. The molecule has 1 saturated heterocycles. The molecule has 45 heavy (non-hydrogen) atoms. The summed E-state index contributed by atoms with van der Waals surface area (Å²) in [7, 11) is -4.66. The molecule has 1 aliphatic rings. The number of carbonyl (C=O) groups excluding carboxylic acids is 2. The minimum atomic E-state index is -4.66. The number of aliphatic hydroxyl groups is 2. The SMILES string of the molecule is CC(O)(CCCCC(=O)OC[n+]1[nH]nnc1CCCCCCN1C(=O)CC[C@@H]1/C=C/[C@@H](O)C(F)(F)c1ccccc1)P(=O)(O)O. The quantitative estimate of drug-likeness (QED) is 0.0493. The highest BCUT2D eigenvalue weighted by atomic mass is 31.2. The second-order valence-electron chi connectivity index (χ2n) is 11.4. The number of alkyl halides is 2. The lowest BCUT2D eigenvalue weighted by Crippen LogP contribution is -2.42. The van der Waals surface area contributed by atoms with Gasteiger partial charge in [-0.3, -0.25) is 14.2 Å². The van der Waals surface area contributed by atoms with Gasteiger partial charge < -0.3 is 29.6 Å². The van der Waals surface area contributed by atoms with Gasteiger partial charge >= 0.3 is 25.3 Å². The van der Waals surface area contributed by atoms with Crippen molar-refractivity contribution < 1.29 is 52.4 Å². The summed E-state index contributed by atoms with van der Waals surface area (Å²) in [5, 5.41) is 28.2. The van der Waals surface area contributed by atoms with Gasteiger partial charge in [0.2, 0.25) is 12.6 Å². The molecule has 0 bridgehead atoms. The molecule has 0 spiro atoms. The van der Waals surface area contributed by atoms with Crippen molar-refractivity contribution in [2.75, 3.05) is 6.54 Å². The first-order valence-corrected chi connectivity index (χ1v) is 16.7. The average Bonchev–Trinajstić information content (AvgIpc) is 3.59. The molecule has 1 amide bonds. The Balaban J connectivity index is 1.33. The number of aromatic nitrogens is 4. The van der Waals surface area contributed by atoms with E-state index in [1.807, 2.05) is 0 Å². The summed E-state index contributed by atoms with van der Waals surface area (Å²) in [6.07, 6.45) is 5.49. The van der Waals surface area contributed by atoms with Gasteiger partial charge in [-0.1, -0.05) is 60.5 Å². The molecule has 1 aromatic heterocycles. The monoisotopic (exact) mass is 658 g/mol. The molecule has 13 nitrogen and oxygen atoms in total. The molecular formula is C29H43F2N5O8P+. The Hall–Kier alpha value is -3.10. The number of rotatable bonds is 19. The number of hydrogen-bond acceptors (Lipinski definition) is 8. The summed E-state index contributed by atoms with van der Waals surface area (Å²) in [6.45, 7) is 1.42. The maximum Gasteiger partial charge on any atom is 0.356 e.